The summed E-state index contributed by atoms with van der Waals surface area (Å²) in [5.41, 5.74) is 7.12. The zero-order valence-electron chi connectivity index (χ0n) is 15.2. The van der Waals surface area contributed by atoms with E-state index in [0.717, 1.165) is 25.8 Å². The summed E-state index contributed by atoms with van der Waals surface area (Å²) in [6.45, 7) is 4.71. The van der Waals surface area contributed by atoms with Gasteiger partial charge in [0.2, 0.25) is 0 Å². The molecular formula is C21H26NO2Rf. The van der Waals surface area contributed by atoms with Gasteiger partial charge in [0.25, 0.3) is 0 Å². The van der Waals surface area contributed by atoms with E-state index in [1.165, 1.54) is 23.6 Å². The summed E-state index contributed by atoms with van der Waals surface area (Å²) in [7, 11) is 0. The van der Waals surface area contributed by atoms with Crippen LogP contribution < -0.4 is 5.73 Å². The zero-order valence-corrected chi connectivity index (χ0v) is 21.6. The molecule has 25 heavy (non-hydrogen) atoms. The minimum absolute atomic E-state index is 0.00486. The molecule has 0 saturated carbocycles. The third-order valence-electron chi connectivity index (χ3n) is 4.51. The topological polar surface area (TPSA) is 38.3 Å². The second kappa shape index (κ2) is 9.24. The van der Waals surface area contributed by atoms with Crippen LogP contribution in [0.15, 0.2) is 54.6 Å². The third-order valence-corrected chi connectivity index (χ3v) is 6.11. The van der Waals surface area contributed by atoms with Crippen molar-refractivity contribution in [3.8, 4) is 11.1 Å². The molecule has 2 rings (SSSR count). The van der Waals surface area contributed by atoms with E-state index < -0.39 is 0 Å². The molecule has 0 bridgehead atoms. The van der Waals surface area contributed by atoms with Crippen LogP contribution in [0.4, 0.5) is 0 Å². The number of aryl methyl sites for hydroxylation is 1. The van der Waals surface area contributed by atoms with Gasteiger partial charge in [0.05, 0.1) is 0 Å². The Bertz CT molecular complexity index is 643. The Morgan fingerprint density at radius 2 is 1.68 bits per heavy atom. The Labute approximate surface area is 144 Å². The summed E-state index contributed by atoms with van der Waals surface area (Å²) >= 11 is 0. The molecule has 129 valence electrons. The molecule has 3 nitrogen and oxygen atoms in total. The quantitative estimate of drug-likeness (QED) is 0.443. The van der Waals surface area contributed by atoms with Crippen molar-refractivity contribution in [2.24, 2.45) is 5.92 Å². The van der Waals surface area contributed by atoms with Crippen molar-refractivity contribution in [2.45, 2.75) is 39.2 Å². The molecular weight excluding hydrogens is 565 g/mol. The van der Waals surface area contributed by atoms with Gasteiger partial charge in [-0.05, 0) is 0 Å². The van der Waals surface area contributed by atoms with Gasteiger partial charge in [0, 0.05) is 0 Å². The Balaban J connectivity index is 1.96. The third kappa shape index (κ3) is 5.78. The summed E-state index contributed by atoms with van der Waals surface area (Å²) in [6.07, 6.45) is 2.85. The molecule has 0 fully saturated rings. The first-order valence-electron chi connectivity index (χ1n) is 8.91. The summed E-state index contributed by atoms with van der Waals surface area (Å²) in [6, 6.07) is 19.1. The number of esters is 1. The van der Waals surface area contributed by atoms with E-state index in [4.69, 9.17) is 4.74 Å². The standard InChI is InChI=1S/C21H26NO2.Rf/c1-16(14-15-22)21(24-17(2)23)13-10-18-8-11-20(12-9-18)19-6-4-3-5-7-19;/h3-9,11-12,16,21-22H,10,13-15H2,1-2H3;/q-1;+1. The molecule has 0 aromatic heterocycles. The van der Waals surface area contributed by atoms with Crippen molar-refractivity contribution in [3.63, 3.8) is 0 Å². The number of carbonyl (C=O) groups is 1. The monoisotopic (exact) mass is 591 g/mol. The van der Waals surface area contributed by atoms with Gasteiger partial charge < -0.3 is 0 Å². The average molecular weight is 591 g/mol. The predicted molar refractivity (Wildman–Crippen MR) is 97.5 cm³/mol. The Morgan fingerprint density at radius 1 is 1.04 bits per heavy atom. The van der Waals surface area contributed by atoms with Crippen molar-refractivity contribution >= 4 is 5.97 Å². The van der Waals surface area contributed by atoms with Crippen LogP contribution in [0.25, 0.3) is 11.1 Å². The molecule has 0 spiro atoms. The van der Waals surface area contributed by atoms with Crippen LogP contribution in [0, 0.1) is 5.92 Å². The number of benzene rings is 2. The Morgan fingerprint density at radius 3 is 2.28 bits per heavy atom. The number of nitrogens with one attached hydrogen (secondary N) is 1. The summed E-state index contributed by atoms with van der Waals surface area (Å²) in [4.78, 5) is 11.4. The second-order valence-electron chi connectivity index (χ2n) is 6.52. The number of hydrogen-bond donors (Lipinski definition) is 1. The first kappa shape index (κ1) is 18.2. The van der Waals surface area contributed by atoms with Crippen LogP contribution in [0.3, 0.4) is 0 Å². The minimum atomic E-state index is -0.181. The van der Waals surface area contributed by atoms with Gasteiger partial charge in [-0.1, -0.05) is 30.3 Å². The number of hydrogen-bond acceptors (Lipinski definition) is 3. The van der Waals surface area contributed by atoms with Crippen molar-refractivity contribution in [3.05, 3.63) is 60.2 Å². The first-order chi connectivity index (χ1) is 12.1. The van der Waals surface area contributed by atoms with Gasteiger partial charge >= 0.3 is 114 Å². The molecule has 2 unspecified atom stereocenters. The molecule has 0 saturated heterocycles. The number of ether oxygens (including phenoxy) is 1. The molecule has 0 radical (unpaired) electrons. The molecule has 0 aliphatic carbocycles. The predicted octanol–water partition coefficient (Wildman–Crippen LogP) is 4.30. The van der Waals surface area contributed by atoms with Gasteiger partial charge in [0.1, 0.15) is 0 Å². The fourth-order valence-corrected chi connectivity index (χ4v) is 3.92. The number of carbonyl (C=O) groups excluding carboxylic acids is 1. The molecule has 0 aliphatic rings. The fraction of sp³-hybridized carbons (Fsp3) is 0.381. The van der Waals surface area contributed by atoms with Crippen molar-refractivity contribution in [1.29, 1.82) is 0 Å². The maximum atomic E-state index is 11.4. The van der Waals surface area contributed by atoms with Crippen molar-refractivity contribution in [2.75, 3.05) is 6.54 Å². The van der Waals surface area contributed by atoms with Crippen LogP contribution in [-0.2, 0) is 16.0 Å². The molecule has 1 N–H and O–H groups in total. The molecule has 2 aromatic carbocycles. The Hall–Kier alpha value is -3.13. The summed E-state index contributed by atoms with van der Waals surface area (Å²) < 4.78 is 6.10. The summed E-state index contributed by atoms with van der Waals surface area (Å²) in [5, 5.41) is 0. The van der Waals surface area contributed by atoms with Crippen LogP contribution >= 0.6 is 0 Å². The normalized spacial score (nSPS) is 13.3. The van der Waals surface area contributed by atoms with Gasteiger partial charge in [-0.2, -0.15) is 0 Å². The van der Waals surface area contributed by atoms with Gasteiger partial charge in [0.15, 0.2) is 0 Å². The van der Waals surface area contributed by atoms with Gasteiger partial charge in [-0.15, -0.1) is 0 Å². The molecule has 0 amide bonds. The zero-order chi connectivity index (χ0) is 18.1. The van der Waals surface area contributed by atoms with Gasteiger partial charge in [-0.3, -0.25) is 0 Å². The first-order valence-corrected chi connectivity index (χ1v) is 12.1. The van der Waals surface area contributed by atoms with Crippen LogP contribution in [0.1, 0.15) is 32.3 Å². The van der Waals surface area contributed by atoms with Crippen LogP contribution in [0.5, 0.6) is 0 Å². The van der Waals surface area contributed by atoms with E-state index in [2.05, 4.69) is 61.2 Å². The van der Waals surface area contributed by atoms with E-state index in [-0.39, 0.29) is 12.1 Å². The summed E-state index contributed by atoms with van der Waals surface area (Å²) in [5.74, 6) is 0.200. The van der Waals surface area contributed by atoms with Crippen LogP contribution in [-0.4, -0.2) is 18.6 Å². The molecule has 2 aromatic rings. The molecule has 4 heteroatoms. The maximum absolute atomic E-state index is 11.4. The van der Waals surface area contributed by atoms with E-state index in [1.807, 2.05) is 6.07 Å². The van der Waals surface area contributed by atoms with E-state index in [0.29, 0.717) is 5.92 Å². The van der Waals surface area contributed by atoms with Gasteiger partial charge in [-0.25, -0.2) is 0 Å². The SMILES string of the molecule is CC(=O)OC(CCc1ccc(-c2ccccc2)cc1)C(C)CC[NH][Rf]. The van der Waals surface area contributed by atoms with E-state index in [1.54, 1.807) is 0 Å². The van der Waals surface area contributed by atoms with Crippen molar-refractivity contribution < 1.29 is 9.53 Å². The second-order valence-corrected chi connectivity index (χ2v) is 8.78. The fourth-order valence-electron chi connectivity index (χ4n) is 2.99. The Kier molecular flexibility index (Phi) is 6.73. The van der Waals surface area contributed by atoms with E-state index in [9.17, 15) is 4.79 Å². The molecule has 0 heterocycles. The van der Waals surface area contributed by atoms with E-state index >= 15 is 0 Å². The molecule has 2 atom stereocenters. The van der Waals surface area contributed by atoms with Crippen molar-refractivity contribution in [1.82, 2.24) is 5.73 Å². The molecule has 0 aliphatic heterocycles. The number of rotatable bonds is 9. The van der Waals surface area contributed by atoms with Crippen LogP contribution in [0.2, 0.25) is 0 Å². The average Bonchev–Trinajstić information content (AvgIpc) is 2.64.